The first-order valence-electron chi connectivity index (χ1n) is 11.0. The highest BCUT2D eigenvalue weighted by Crippen LogP contribution is 2.39. The number of carbonyl (C=O) groups is 1. The highest BCUT2D eigenvalue weighted by Gasteiger charge is 2.34. The average molecular weight is 444 g/mol. The molecule has 5 rings (SSSR count). The fourth-order valence-electron chi connectivity index (χ4n) is 4.95. The van der Waals surface area contributed by atoms with E-state index in [9.17, 15) is 9.00 Å². The number of urea groups is 1. The maximum absolute atomic E-state index is 13.2. The van der Waals surface area contributed by atoms with E-state index in [0.717, 1.165) is 50.6 Å². The first kappa shape index (κ1) is 20.5. The molecule has 0 radical (unpaired) electrons. The van der Waals surface area contributed by atoms with Crippen LogP contribution in [0.25, 0.3) is 0 Å². The number of benzene rings is 1. The Hall–Kier alpha value is -2.39. The van der Waals surface area contributed by atoms with Crippen molar-refractivity contribution in [3.8, 4) is 5.88 Å². The Bertz CT molecular complexity index is 1160. The minimum atomic E-state index is -3.50. The molecule has 1 aromatic carbocycles. The van der Waals surface area contributed by atoms with Crippen molar-refractivity contribution < 1.29 is 13.7 Å². The average Bonchev–Trinajstić information content (AvgIpc) is 3.46. The van der Waals surface area contributed by atoms with Gasteiger partial charge < -0.3 is 10.1 Å². The van der Waals surface area contributed by atoms with E-state index in [0.29, 0.717) is 19.0 Å². The van der Waals surface area contributed by atoms with Crippen molar-refractivity contribution in [2.24, 2.45) is 14.9 Å². The van der Waals surface area contributed by atoms with E-state index in [1.807, 2.05) is 0 Å². The molecule has 2 atom stereocenters. The lowest BCUT2D eigenvalue weighted by molar-refractivity contribution is 0.0783. The van der Waals surface area contributed by atoms with Crippen molar-refractivity contribution in [1.82, 2.24) is 9.78 Å². The first-order chi connectivity index (χ1) is 14.8. The van der Waals surface area contributed by atoms with Crippen molar-refractivity contribution in [3.05, 3.63) is 34.5 Å². The van der Waals surface area contributed by atoms with Gasteiger partial charge in [0, 0.05) is 11.1 Å². The van der Waals surface area contributed by atoms with Crippen molar-refractivity contribution >= 4 is 21.6 Å². The Morgan fingerprint density at radius 3 is 2.61 bits per heavy atom. The third-order valence-electron chi connectivity index (χ3n) is 6.94. The van der Waals surface area contributed by atoms with Gasteiger partial charge in [0.15, 0.2) is 9.92 Å². The van der Waals surface area contributed by atoms with Crippen LogP contribution in [0.15, 0.2) is 21.5 Å². The summed E-state index contributed by atoms with van der Waals surface area (Å²) in [4.78, 5) is 13.0. The summed E-state index contributed by atoms with van der Waals surface area (Å²) < 4.78 is 24.6. The quantitative estimate of drug-likeness (QED) is 0.755. The van der Waals surface area contributed by atoms with Gasteiger partial charge in [0.05, 0.1) is 19.3 Å². The number of rotatable bonds is 3. The van der Waals surface area contributed by atoms with E-state index >= 15 is 0 Å². The normalized spacial score (nSPS) is 23.3. The number of ether oxygens (including phenoxy) is 1. The molecule has 0 unspecified atom stereocenters. The maximum atomic E-state index is 13.2. The molecule has 0 bridgehead atoms. The Morgan fingerprint density at radius 1 is 1.29 bits per heavy atom. The molecular weight excluding hydrogens is 414 g/mol. The van der Waals surface area contributed by atoms with Crippen LogP contribution in [0.2, 0.25) is 0 Å². The van der Waals surface area contributed by atoms with Gasteiger partial charge in [0.1, 0.15) is 4.90 Å². The summed E-state index contributed by atoms with van der Waals surface area (Å²) in [5.74, 6) is 0.344. The number of aryl methyl sites for hydroxylation is 2. The van der Waals surface area contributed by atoms with Crippen LogP contribution in [-0.2, 0) is 42.1 Å². The number of carbonyl (C=O) groups excluding carboxylic acids is 1. The van der Waals surface area contributed by atoms with E-state index < -0.39 is 15.9 Å². The van der Waals surface area contributed by atoms with Crippen LogP contribution >= 0.6 is 0 Å². The molecule has 8 nitrogen and oxygen atoms in total. The van der Waals surface area contributed by atoms with Crippen molar-refractivity contribution in [2.45, 2.75) is 70.2 Å². The first-order valence-corrected chi connectivity index (χ1v) is 12.6. The fourth-order valence-corrected chi connectivity index (χ4v) is 5.95. The van der Waals surface area contributed by atoms with Gasteiger partial charge in [0.25, 0.3) is 0 Å². The zero-order valence-corrected chi connectivity index (χ0v) is 18.9. The Morgan fingerprint density at radius 2 is 1.97 bits per heavy atom. The van der Waals surface area contributed by atoms with E-state index in [-0.39, 0.29) is 10.3 Å². The highest BCUT2D eigenvalue weighted by atomic mass is 32.2. The molecule has 2 heterocycles. The lowest BCUT2D eigenvalue weighted by Gasteiger charge is -2.33. The van der Waals surface area contributed by atoms with Crippen LogP contribution in [0.1, 0.15) is 55.4 Å². The van der Waals surface area contributed by atoms with E-state index in [4.69, 9.17) is 9.88 Å². The number of anilines is 1. The molecule has 2 aliphatic carbocycles. The smallest absolute Gasteiger partial charge is 0.354 e. The summed E-state index contributed by atoms with van der Waals surface area (Å²) in [6.07, 6.45) is 8.46. The summed E-state index contributed by atoms with van der Waals surface area (Å²) >= 11 is 0. The molecule has 2 amide bonds. The molecule has 3 aliphatic rings. The monoisotopic (exact) mass is 443 g/mol. The Kier molecular flexibility index (Phi) is 4.86. The van der Waals surface area contributed by atoms with Crippen LogP contribution in [0.5, 0.6) is 5.88 Å². The molecule has 0 spiro atoms. The predicted octanol–water partition coefficient (Wildman–Crippen LogP) is 3.60. The van der Waals surface area contributed by atoms with Gasteiger partial charge in [-0.15, -0.1) is 4.36 Å². The van der Waals surface area contributed by atoms with Gasteiger partial charge in [-0.25, -0.2) is 18.8 Å². The number of hydrogen-bond donors (Lipinski definition) is 2. The number of nitrogens with one attached hydrogen (secondary N) is 1. The molecule has 0 fully saturated rings. The molecule has 31 heavy (non-hydrogen) atoms. The fraction of sp³-hybridized carbons (Fsp3) is 0.545. The van der Waals surface area contributed by atoms with Crippen molar-refractivity contribution in [3.63, 3.8) is 0 Å². The van der Waals surface area contributed by atoms with Crippen molar-refractivity contribution in [1.29, 1.82) is 0 Å². The largest absolute Gasteiger partial charge is 0.476 e. The molecule has 2 aromatic rings. The highest BCUT2D eigenvalue weighted by molar-refractivity contribution is 7.91. The standard InChI is InChI=1S/C22H29N5O3S/c1-3-22(2)12-27-20(30-13-22)18(11-24-27)31(23,29)26-21(28)25-19-16-8-4-6-14(16)10-15-7-5-9-17(15)19/h10-11H,3-9,12-13H2,1-2H3,(H3,23,25,26,28,29)/t22-,31-/m0/s1. The van der Waals surface area contributed by atoms with Crippen molar-refractivity contribution in [2.75, 3.05) is 11.9 Å². The summed E-state index contributed by atoms with van der Waals surface area (Å²) in [5, 5.41) is 13.3. The minimum absolute atomic E-state index is 0.0473. The van der Waals surface area contributed by atoms with Gasteiger partial charge in [0.2, 0.25) is 5.88 Å². The second-order valence-corrected chi connectivity index (χ2v) is 11.0. The SMILES string of the molecule is CC[C@]1(C)COc2c([S@@](N)(=O)=NC(=O)Nc3c4c(cc5c3CCC5)CCC4)cnn2C1. The summed E-state index contributed by atoms with van der Waals surface area (Å²) in [6.45, 7) is 5.34. The molecular formula is C22H29N5O3S. The van der Waals surface area contributed by atoms with Crippen LogP contribution < -0.4 is 15.2 Å². The number of nitrogens with two attached hydrogens (primary N) is 1. The minimum Gasteiger partial charge on any atom is -0.476 e. The van der Waals surface area contributed by atoms with Gasteiger partial charge in [-0.05, 0) is 67.2 Å². The summed E-state index contributed by atoms with van der Waals surface area (Å²) in [6, 6.07) is 1.61. The second kappa shape index (κ2) is 7.34. The number of amides is 2. The van der Waals surface area contributed by atoms with E-state index in [1.165, 1.54) is 28.5 Å². The van der Waals surface area contributed by atoms with Crippen LogP contribution in [0.4, 0.5) is 10.5 Å². The Labute approximate surface area is 182 Å². The summed E-state index contributed by atoms with van der Waals surface area (Å²) in [7, 11) is -3.50. The van der Waals surface area contributed by atoms with E-state index in [1.54, 1.807) is 4.68 Å². The Balaban J connectivity index is 1.45. The predicted molar refractivity (Wildman–Crippen MR) is 119 cm³/mol. The molecule has 0 saturated heterocycles. The van der Waals surface area contributed by atoms with Crippen LogP contribution in [0.3, 0.4) is 0 Å². The molecule has 1 aliphatic heterocycles. The third kappa shape index (κ3) is 3.53. The lowest BCUT2D eigenvalue weighted by Crippen LogP contribution is -2.35. The van der Waals surface area contributed by atoms with E-state index in [2.05, 4.69) is 34.7 Å². The number of fused-ring (bicyclic) bond motifs is 3. The summed E-state index contributed by atoms with van der Waals surface area (Å²) in [5.41, 5.74) is 5.81. The van der Waals surface area contributed by atoms with Crippen LogP contribution in [0, 0.1) is 5.41 Å². The lowest BCUT2D eigenvalue weighted by atomic mass is 9.88. The molecule has 1 aromatic heterocycles. The molecule has 0 saturated carbocycles. The van der Waals surface area contributed by atoms with Gasteiger partial charge in [-0.1, -0.05) is 19.9 Å². The second-order valence-electron chi connectivity index (χ2n) is 9.25. The topological polar surface area (TPSA) is 112 Å². The maximum Gasteiger partial charge on any atom is 0.354 e. The molecule has 166 valence electrons. The number of aromatic nitrogens is 2. The van der Waals surface area contributed by atoms with Gasteiger partial charge in [-0.3, -0.25) is 0 Å². The number of nitrogens with zero attached hydrogens (tertiary/aromatic N) is 3. The number of hydrogen-bond acceptors (Lipinski definition) is 4. The zero-order chi connectivity index (χ0) is 21.8. The molecule has 9 heteroatoms. The van der Waals surface area contributed by atoms with Gasteiger partial charge >= 0.3 is 6.03 Å². The molecule has 3 N–H and O–H groups in total. The van der Waals surface area contributed by atoms with Gasteiger partial charge in [-0.2, -0.15) is 5.10 Å². The van der Waals surface area contributed by atoms with Crippen LogP contribution in [-0.4, -0.2) is 26.6 Å². The third-order valence-corrected chi connectivity index (χ3v) is 8.29. The zero-order valence-electron chi connectivity index (χ0n) is 18.1.